The van der Waals surface area contributed by atoms with E-state index >= 15 is 0 Å². The van der Waals surface area contributed by atoms with Gasteiger partial charge in [0, 0.05) is 28.7 Å². The molecule has 2 aromatic carbocycles. The van der Waals surface area contributed by atoms with Gasteiger partial charge in [-0.15, -0.1) is 0 Å². The third-order valence-corrected chi connectivity index (χ3v) is 5.75. The summed E-state index contributed by atoms with van der Waals surface area (Å²) in [4.78, 5) is 35.8. The first-order valence-electron chi connectivity index (χ1n) is 11.6. The van der Waals surface area contributed by atoms with Gasteiger partial charge in [0.25, 0.3) is 5.56 Å². The largest absolute Gasteiger partial charge is 0.497 e. The van der Waals surface area contributed by atoms with Gasteiger partial charge in [-0.25, -0.2) is 9.97 Å². The van der Waals surface area contributed by atoms with E-state index in [2.05, 4.69) is 15.6 Å². The number of rotatable bonds is 8. The summed E-state index contributed by atoms with van der Waals surface area (Å²) in [5.74, 6) is 0.746. The van der Waals surface area contributed by atoms with Gasteiger partial charge in [-0.05, 0) is 68.9 Å². The number of nitrogens with zero attached hydrogens (tertiary/aromatic N) is 3. The minimum absolute atomic E-state index is 0.0687. The number of halogens is 1. The smallest absolute Gasteiger partial charge is 0.280 e. The predicted molar refractivity (Wildman–Crippen MR) is 142 cm³/mol. The Labute approximate surface area is 214 Å². The zero-order chi connectivity index (χ0) is 25.8. The Balaban J connectivity index is 1.90. The average molecular weight is 506 g/mol. The van der Waals surface area contributed by atoms with Crippen LogP contribution in [-0.4, -0.2) is 40.6 Å². The monoisotopic (exact) mass is 505 g/mol. The zero-order valence-electron chi connectivity index (χ0n) is 20.6. The third-order valence-electron chi connectivity index (χ3n) is 5.52. The van der Waals surface area contributed by atoms with Gasteiger partial charge in [-0.3, -0.25) is 14.2 Å². The van der Waals surface area contributed by atoms with Crippen LogP contribution in [0.1, 0.15) is 19.4 Å². The van der Waals surface area contributed by atoms with Crippen molar-refractivity contribution in [2.24, 2.45) is 0 Å². The number of nitrogens with one attached hydrogen (secondary N) is 2. The first kappa shape index (κ1) is 25.3. The van der Waals surface area contributed by atoms with Crippen LogP contribution >= 0.6 is 11.6 Å². The van der Waals surface area contributed by atoms with E-state index in [4.69, 9.17) is 21.3 Å². The molecule has 2 heterocycles. The molecule has 0 bridgehead atoms. The van der Waals surface area contributed by atoms with Crippen LogP contribution in [0.25, 0.3) is 33.7 Å². The summed E-state index contributed by atoms with van der Waals surface area (Å²) in [5, 5.41) is 6.47. The number of aromatic nitrogens is 3. The fourth-order valence-corrected chi connectivity index (χ4v) is 4.19. The lowest BCUT2D eigenvalue weighted by molar-refractivity contribution is -0.122. The summed E-state index contributed by atoms with van der Waals surface area (Å²) in [5.41, 5.74) is 3.26. The summed E-state index contributed by atoms with van der Waals surface area (Å²) < 4.78 is 6.80. The minimum Gasteiger partial charge on any atom is -0.497 e. The number of carbonyl (C=O) groups is 1. The Morgan fingerprint density at radius 2 is 1.89 bits per heavy atom. The molecule has 0 aliphatic rings. The van der Waals surface area contributed by atoms with Crippen LogP contribution in [0.3, 0.4) is 0 Å². The fourth-order valence-electron chi connectivity index (χ4n) is 4.00. The summed E-state index contributed by atoms with van der Waals surface area (Å²) >= 11 is 6.21. The minimum atomic E-state index is -0.408. The number of amides is 1. The van der Waals surface area contributed by atoms with E-state index in [9.17, 15) is 9.59 Å². The van der Waals surface area contributed by atoms with E-state index in [-0.39, 0.29) is 24.0 Å². The highest BCUT2D eigenvalue weighted by Gasteiger charge is 2.18. The van der Waals surface area contributed by atoms with Crippen LogP contribution in [0.15, 0.2) is 59.4 Å². The van der Waals surface area contributed by atoms with Crippen LogP contribution in [0.2, 0.25) is 5.02 Å². The second-order valence-electron chi connectivity index (χ2n) is 8.72. The van der Waals surface area contributed by atoms with Crippen molar-refractivity contribution in [1.82, 2.24) is 25.2 Å². The van der Waals surface area contributed by atoms with Crippen molar-refractivity contribution in [3.8, 4) is 28.4 Å². The molecule has 8 nitrogen and oxygen atoms in total. The second kappa shape index (κ2) is 10.9. The quantitative estimate of drug-likeness (QED) is 0.375. The van der Waals surface area contributed by atoms with Gasteiger partial charge in [-0.2, -0.15) is 0 Å². The first-order chi connectivity index (χ1) is 17.3. The standard InChI is InChI=1S/C27H28ClN5O3/c1-16(2)30-24(34)15-33-26(18-6-5-7-20(28)12-18)32-23-9-8-22(31-25(23)27(33)35)19-10-17(14-29-3)11-21(13-19)36-4/h5-13,16,29H,14-15H2,1-4H3,(H,30,34). The number of hydrogen-bond donors (Lipinski definition) is 2. The molecule has 0 radical (unpaired) electrons. The van der Waals surface area contributed by atoms with E-state index < -0.39 is 5.56 Å². The molecule has 2 N–H and O–H groups in total. The van der Waals surface area contributed by atoms with E-state index in [1.807, 2.05) is 45.2 Å². The molecule has 4 aromatic rings. The van der Waals surface area contributed by atoms with Crippen LogP contribution in [-0.2, 0) is 17.9 Å². The molecule has 0 saturated heterocycles. The summed E-state index contributed by atoms with van der Waals surface area (Å²) in [6.45, 7) is 4.18. The molecule has 4 rings (SSSR count). The van der Waals surface area contributed by atoms with Crippen LogP contribution in [0.4, 0.5) is 0 Å². The van der Waals surface area contributed by atoms with Crippen molar-refractivity contribution in [1.29, 1.82) is 0 Å². The maximum absolute atomic E-state index is 13.7. The topological polar surface area (TPSA) is 98.1 Å². The molecule has 0 fully saturated rings. The molecule has 0 unspecified atom stereocenters. The van der Waals surface area contributed by atoms with E-state index in [0.29, 0.717) is 39.9 Å². The van der Waals surface area contributed by atoms with Crippen LogP contribution < -0.4 is 20.9 Å². The molecular weight excluding hydrogens is 478 g/mol. The van der Waals surface area contributed by atoms with Gasteiger partial charge < -0.3 is 15.4 Å². The lowest BCUT2D eigenvalue weighted by Gasteiger charge is -2.15. The van der Waals surface area contributed by atoms with Gasteiger partial charge in [0.05, 0.1) is 18.3 Å². The van der Waals surface area contributed by atoms with E-state index in [1.54, 1.807) is 37.4 Å². The lowest BCUT2D eigenvalue weighted by atomic mass is 10.1. The third kappa shape index (κ3) is 5.56. The fraction of sp³-hybridized carbons (Fsp3) is 0.259. The second-order valence-corrected chi connectivity index (χ2v) is 9.16. The van der Waals surface area contributed by atoms with Gasteiger partial charge in [0.15, 0.2) is 5.52 Å². The summed E-state index contributed by atoms with van der Waals surface area (Å²) in [6.07, 6.45) is 0. The Bertz CT molecular complexity index is 1480. The van der Waals surface area contributed by atoms with Crippen LogP contribution in [0.5, 0.6) is 5.75 Å². The molecule has 2 aromatic heterocycles. The normalized spacial score (nSPS) is 11.2. The van der Waals surface area contributed by atoms with Crippen molar-refractivity contribution in [3.63, 3.8) is 0 Å². The number of ether oxygens (including phenoxy) is 1. The predicted octanol–water partition coefficient (Wildman–Crippen LogP) is 4.03. The van der Waals surface area contributed by atoms with Gasteiger partial charge >= 0.3 is 0 Å². The highest BCUT2D eigenvalue weighted by atomic mass is 35.5. The zero-order valence-corrected chi connectivity index (χ0v) is 21.4. The van der Waals surface area contributed by atoms with Gasteiger partial charge in [0.2, 0.25) is 5.91 Å². The van der Waals surface area contributed by atoms with E-state index in [1.165, 1.54) is 4.57 Å². The molecular formula is C27H28ClN5O3. The van der Waals surface area contributed by atoms with Crippen molar-refractivity contribution < 1.29 is 9.53 Å². The molecule has 36 heavy (non-hydrogen) atoms. The molecule has 0 spiro atoms. The first-order valence-corrected chi connectivity index (χ1v) is 12.0. The lowest BCUT2D eigenvalue weighted by Crippen LogP contribution is -2.37. The summed E-state index contributed by atoms with van der Waals surface area (Å²) in [7, 11) is 3.48. The summed E-state index contributed by atoms with van der Waals surface area (Å²) in [6, 6.07) is 16.4. The van der Waals surface area contributed by atoms with Crippen molar-refractivity contribution in [2.45, 2.75) is 33.0 Å². The number of pyridine rings is 1. The molecule has 9 heteroatoms. The Morgan fingerprint density at radius 1 is 1.08 bits per heavy atom. The van der Waals surface area contributed by atoms with Gasteiger partial charge in [0.1, 0.15) is 18.1 Å². The van der Waals surface area contributed by atoms with Crippen molar-refractivity contribution in [3.05, 3.63) is 75.5 Å². The van der Waals surface area contributed by atoms with Gasteiger partial charge in [-0.1, -0.05) is 23.7 Å². The highest BCUT2D eigenvalue weighted by Crippen LogP contribution is 2.27. The molecule has 1 amide bonds. The number of hydrogen-bond acceptors (Lipinski definition) is 6. The molecule has 0 saturated carbocycles. The Morgan fingerprint density at radius 3 is 2.58 bits per heavy atom. The molecule has 0 atom stereocenters. The SMILES string of the molecule is CNCc1cc(OC)cc(-c2ccc3nc(-c4cccc(Cl)c4)n(CC(=O)NC(C)C)c(=O)c3n2)c1. The average Bonchev–Trinajstić information content (AvgIpc) is 2.85. The molecule has 0 aliphatic heterocycles. The molecule has 186 valence electrons. The highest BCUT2D eigenvalue weighted by molar-refractivity contribution is 6.30. The number of fused-ring (bicyclic) bond motifs is 1. The Kier molecular flexibility index (Phi) is 7.67. The molecule has 0 aliphatic carbocycles. The number of benzene rings is 2. The Hall–Kier alpha value is -3.75. The van der Waals surface area contributed by atoms with Crippen molar-refractivity contribution >= 4 is 28.5 Å². The van der Waals surface area contributed by atoms with E-state index in [0.717, 1.165) is 11.1 Å². The number of carbonyl (C=O) groups excluding carboxylic acids is 1. The number of methoxy groups -OCH3 is 1. The van der Waals surface area contributed by atoms with Crippen molar-refractivity contribution in [2.75, 3.05) is 14.2 Å². The maximum Gasteiger partial charge on any atom is 0.280 e. The van der Waals surface area contributed by atoms with Crippen LogP contribution in [0, 0.1) is 0 Å². The maximum atomic E-state index is 13.7.